The summed E-state index contributed by atoms with van der Waals surface area (Å²) in [6.45, 7) is 4.23. The van der Waals surface area contributed by atoms with Crippen LogP contribution in [0.2, 0.25) is 0 Å². The number of benzene rings is 1. The van der Waals surface area contributed by atoms with Crippen LogP contribution in [0.15, 0.2) is 24.3 Å². The molecule has 1 amide bonds. The number of amides is 1. The van der Waals surface area contributed by atoms with E-state index in [9.17, 15) is 9.18 Å². The van der Waals surface area contributed by atoms with Crippen LogP contribution in [0.4, 0.5) is 4.39 Å². The van der Waals surface area contributed by atoms with Crippen LogP contribution in [0, 0.1) is 11.2 Å². The fourth-order valence-electron chi connectivity index (χ4n) is 4.06. The average Bonchev–Trinajstić information content (AvgIpc) is 3.15. The minimum absolute atomic E-state index is 0. The smallest absolute Gasteiger partial charge is 0.233 e. The summed E-state index contributed by atoms with van der Waals surface area (Å²) in [4.78, 5) is 15.2. The lowest BCUT2D eigenvalue weighted by Gasteiger charge is -2.34. The molecule has 1 heterocycles. The summed E-state index contributed by atoms with van der Waals surface area (Å²) in [5, 5.41) is 0. The molecule has 2 aliphatic rings. The van der Waals surface area contributed by atoms with Crippen molar-refractivity contribution in [1.29, 1.82) is 0 Å². The van der Waals surface area contributed by atoms with Crippen LogP contribution < -0.4 is 5.73 Å². The van der Waals surface area contributed by atoms with Crippen molar-refractivity contribution in [2.24, 2.45) is 11.1 Å². The average molecular weight is 341 g/mol. The largest absolute Gasteiger partial charge is 0.341 e. The summed E-state index contributed by atoms with van der Waals surface area (Å²) in [5.74, 6) is -0.0856. The van der Waals surface area contributed by atoms with Gasteiger partial charge in [0.2, 0.25) is 5.91 Å². The van der Waals surface area contributed by atoms with Gasteiger partial charge in [-0.3, -0.25) is 4.79 Å². The zero-order valence-corrected chi connectivity index (χ0v) is 14.5. The molecule has 2 fully saturated rings. The van der Waals surface area contributed by atoms with E-state index < -0.39 is 5.41 Å². The van der Waals surface area contributed by atoms with Gasteiger partial charge in [0.05, 0.1) is 5.41 Å². The Labute approximate surface area is 143 Å². The van der Waals surface area contributed by atoms with E-state index in [1.807, 2.05) is 11.0 Å². The highest BCUT2D eigenvalue weighted by Crippen LogP contribution is 2.44. The molecular formula is C18H26ClFN2O. The maximum absolute atomic E-state index is 13.7. The molecule has 1 saturated carbocycles. The number of nitrogens with two attached hydrogens (primary N) is 1. The normalized spacial score (nSPS) is 26.1. The Morgan fingerprint density at radius 1 is 1.30 bits per heavy atom. The van der Waals surface area contributed by atoms with Crippen LogP contribution >= 0.6 is 12.4 Å². The van der Waals surface area contributed by atoms with E-state index in [1.54, 1.807) is 12.1 Å². The zero-order valence-electron chi connectivity index (χ0n) is 13.7. The molecule has 0 spiro atoms. The van der Waals surface area contributed by atoms with E-state index in [0.717, 1.165) is 50.8 Å². The first-order chi connectivity index (χ1) is 10.5. The standard InChI is InChI=1S/C18H25FN2O.ClH/c1-17(12-20)9-10-21(13-17)16(22)18(7-2-3-8-18)14-5-4-6-15(19)11-14;/h4-6,11H,2-3,7-10,12-13,20H2,1H3;1H. The van der Waals surface area contributed by atoms with E-state index in [1.165, 1.54) is 6.07 Å². The van der Waals surface area contributed by atoms with Gasteiger partial charge in [0.15, 0.2) is 0 Å². The molecule has 1 aromatic carbocycles. The fraction of sp³-hybridized carbons (Fsp3) is 0.611. The number of halogens is 2. The number of nitrogens with zero attached hydrogens (tertiary/aromatic N) is 1. The maximum Gasteiger partial charge on any atom is 0.233 e. The molecule has 5 heteroatoms. The summed E-state index contributed by atoms with van der Waals surface area (Å²) < 4.78 is 13.7. The zero-order chi connectivity index (χ0) is 15.8. The number of hydrogen-bond acceptors (Lipinski definition) is 2. The second-order valence-electron chi connectivity index (χ2n) is 7.29. The van der Waals surface area contributed by atoms with Gasteiger partial charge in [-0.2, -0.15) is 0 Å². The summed E-state index contributed by atoms with van der Waals surface area (Å²) in [5.41, 5.74) is 6.20. The van der Waals surface area contributed by atoms with Gasteiger partial charge in [-0.15, -0.1) is 12.4 Å². The van der Waals surface area contributed by atoms with Crippen molar-refractivity contribution >= 4 is 18.3 Å². The lowest BCUT2D eigenvalue weighted by atomic mass is 9.77. The maximum atomic E-state index is 13.7. The molecule has 2 N–H and O–H groups in total. The second kappa shape index (κ2) is 6.78. The van der Waals surface area contributed by atoms with Gasteiger partial charge in [-0.05, 0) is 48.9 Å². The van der Waals surface area contributed by atoms with Crippen LogP contribution in [0.1, 0.15) is 44.6 Å². The molecule has 1 saturated heterocycles. The van der Waals surface area contributed by atoms with Crippen molar-refractivity contribution in [2.75, 3.05) is 19.6 Å². The van der Waals surface area contributed by atoms with E-state index in [-0.39, 0.29) is 29.5 Å². The topological polar surface area (TPSA) is 46.3 Å². The molecule has 0 radical (unpaired) electrons. The summed E-state index contributed by atoms with van der Waals surface area (Å²) in [6.07, 6.45) is 4.67. The van der Waals surface area contributed by atoms with Crippen LogP contribution in [-0.4, -0.2) is 30.4 Å². The molecule has 3 rings (SSSR count). The van der Waals surface area contributed by atoms with Crippen molar-refractivity contribution in [3.8, 4) is 0 Å². The Morgan fingerprint density at radius 3 is 2.57 bits per heavy atom. The molecule has 0 aromatic heterocycles. The third kappa shape index (κ3) is 3.24. The van der Waals surface area contributed by atoms with E-state index >= 15 is 0 Å². The minimum atomic E-state index is -0.526. The molecule has 1 aliphatic carbocycles. The Balaban J connectivity index is 0.00000192. The lowest BCUT2D eigenvalue weighted by Crippen LogP contribution is -2.45. The van der Waals surface area contributed by atoms with Gasteiger partial charge in [0.25, 0.3) is 0 Å². The predicted octanol–water partition coefficient (Wildman–Crippen LogP) is 3.26. The van der Waals surface area contributed by atoms with Crippen molar-refractivity contribution < 1.29 is 9.18 Å². The van der Waals surface area contributed by atoms with Crippen LogP contribution in [-0.2, 0) is 10.2 Å². The van der Waals surface area contributed by atoms with E-state index in [2.05, 4.69) is 6.92 Å². The van der Waals surface area contributed by atoms with Crippen molar-refractivity contribution in [2.45, 2.75) is 44.4 Å². The predicted molar refractivity (Wildman–Crippen MR) is 92.2 cm³/mol. The highest BCUT2D eigenvalue weighted by Gasteiger charge is 2.47. The SMILES string of the molecule is CC1(CN)CCN(C(=O)C2(c3cccc(F)c3)CCCC2)C1.Cl. The van der Waals surface area contributed by atoms with E-state index in [0.29, 0.717) is 6.54 Å². The first kappa shape index (κ1) is 18.2. The van der Waals surface area contributed by atoms with Crippen LogP contribution in [0.3, 0.4) is 0 Å². The van der Waals surface area contributed by atoms with Gasteiger partial charge >= 0.3 is 0 Å². The number of carbonyl (C=O) groups excluding carboxylic acids is 1. The van der Waals surface area contributed by atoms with Crippen LogP contribution in [0.25, 0.3) is 0 Å². The Kier molecular flexibility index (Phi) is 5.37. The molecule has 128 valence electrons. The van der Waals surface area contributed by atoms with Crippen LogP contribution in [0.5, 0.6) is 0 Å². The third-order valence-corrected chi connectivity index (χ3v) is 5.58. The first-order valence-corrected chi connectivity index (χ1v) is 8.25. The number of hydrogen-bond donors (Lipinski definition) is 1. The highest BCUT2D eigenvalue weighted by molar-refractivity contribution is 5.89. The fourth-order valence-corrected chi connectivity index (χ4v) is 4.06. The van der Waals surface area contributed by atoms with Gasteiger partial charge < -0.3 is 10.6 Å². The summed E-state index contributed by atoms with van der Waals surface area (Å²) in [6, 6.07) is 6.61. The van der Waals surface area contributed by atoms with E-state index in [4.69, 9.17) is 5.73 Å². The highest BCUT2D eigenvalue weighted by atomic mass is 35.5. The number of likely N-dealkylation sites (tertiary alicyclic amines) is 1. The quantitative estimate of drug-likeness (QED) is 0.918. The lowest BCUT2D eigenvalue weighted by molar-refractivity contribution is -0.136. The molecule has 1 aliphatic heterocycles. The molecule has 1 aromatic rings. The number of carbonyl (C=O) groups is 1. The van der Waals surface area contributed by atoms with Crippen molar-refractivity contribution in [3.05, 3.63) is 35.6 Å². The summed E-state index contributed by atoms with van der Waals surface area (Å²) >= 11 is 0. The van der Waals surface area contributed by atoms with Gasteiger partial charge in [-0.1, -0.05) is 31.9 Å². The minimum Gasteiger partial charge on any atom is -0.341 e. The molecule has 3 nitrogen and oxygen atoms in total. The van der Waals surface area contributed by atoms with Gasteiger partial charge in [-0.25, -0.2) is 4.39 Å². The Bertz CT molecular complexity index is 574. The van der Waals surface area contributed by atoms with Crippen molar-refractivity contribution in [3.63, 3.8) is 0 Å². The Hall–Kier alpha value is -1.13. The van der Waals surface area contributed by atoms with Gasteiger partial charge in [0, 0.05) is 13.1 Å². The molecular weight excluding hydrogens is 315 g/mol. The monoisotopic (exact) mass is 340 g/mol. The first-order valence-electron chi connectivity index (χ1n) is 8.25. The Morgan fingerprint density at radius 2 is 2.00 bits per heavy atom. The molecule has 23 heavy (non-hydrogen) atoms. The molecule has 1 atom stereocenters. The molecule has 0 bridgehead atoms. The summed E-state index contributed by atoms with van der Waals surface area (Å²) in [7, 11) is 0. The second-order valence-corrected chi connectivity index (χ2v) is 7.29. The third-order valence-electron chi connectivity index (χ3n) is 5.58. The van der Waals surface area contributed by atoms with Gasteiger partial charge in [0.1, 0.15) is 5.82 Å². The van der Waals surface area contributed by atoms with Crippen molar-refractivity contribution in [1.82, 2.24) is 4.90 Å². The molecule has 1 unspecified atom stereocenters. The number of rotatable bonds is 3.